The molecule has 1 aromatic rings. The topological polar surface area (TPSA) is 55.6 Å². The monoisotopic (exact) mass is 276 g/mol. The second-order valence-electron chi connectivity index (χ2n) is 5.66. The zero-order valence-corrected chi connectivity index (χ0v) is 12.6. The van der Waals surface area contributed by atoms with Crippen LogP contribution >= 0.6 is 0 Å². The fourth-order valence-corrected chi connectivity index (χ4v) is 2.70. The van der Waals surface area contributed by atoms with Crippen LogP contribution in [0.2, 0.25) is 0 Å². The number of hydrogen-bond acceptors (Lipinski definition) is 3. The summed E-state index contributed by atoms with van der Waals surface area (Å²) < 4.78 is 5.40. The number of likely N-dealkylation sites (tertiary alicyclic amines) is 1. The number of benzene rings is 1. The SMILES string of the molecule is COc1ccc(C(C)N)cc1CN1CCCC(C)C1=O. The Hall–Kier alpha value is -1.55. The average molecular weight is 276 g/mol. The van der Waals surface area contributed by atoms with Gasteiger partial charge >= 0.3 is 0 Å². The van der Waals surface area contributed by atoms with Gasteiger partial charge in [0.05, 0.1) is 7.11 Å². The summed E-state index contributed by atoms with van der Waals surface area (Å²) in [6, 6.07) is 5.95. The summed E-state index contributed by atoms with van der Waals surface area (Å²) in [5.74, 6) is 1.19. The molecular formula is C16H24N2O2. The van der Waals surface area contributed by atoms with Gasteiger partial charge in [-0.3, -0.25) is 4.79 Å². The summed E-state index contributed by atoms with van der Waals surface area (Å²) in [6.45, 7) is 5.39. The van der Waals surface area contributed by atoms with Crippen molar-refractivity contribution in [2.24, 2.45) is 11.7 Å². The van der Waals surface area contributed by atoms with Gasteiger partial charge in [0.25, 0.3) is 0 Å². The number of carbonyl (C=O) groups excluding carboxylic acids is 1. The largest absolute Gasteiger partial charge is 0.496 e. The lowest BCUT2D eigenvalue weighted by Gasteiger charge is -2.31. The average Bonchev–Trinajstić information content (AvgIpc) is 2.43. The molecule has 0 bridgehead atoms. The molecule has 1 aliphatic rings. The lowest BCUT2D eigenvalue weighted by atomic mass is 9.98. The minimum atomic E-state index is -0.0179. The van der Waals surface area contributed by atoms with Crippen molar-refractivity contribution in [2.45, 2.75) is 39.3 Å². The van der Waals surface area contributed by atoms with Crippen LogP contribution in [0.4, 0.5) is 0 Å². The van der Waals surface area contributed by atoms with Gasteiger partial charge in [-0.1, -0.05) is 13.0 Å². The van der Waals surface area contributed by atoms with Crippen molar-refractivity contribution in [3.05, 3.63) is 29.3 Å². The fraction of sp³-hybridized carbons (Fsp3) is 0.562. The van der Waals surface area contributed by atoms with Gasteiger partial charge in [-0.25, -0.2) is 0 Å². The van der Waals surface area contributed by atoms with Gasteiger partial charge in [-0.2, -0.15) is 0 Å². The lowest BCUT2D eigenvalue weighted by molar-refractivity contribution is -0.138. The molecule has 2 rings (SSSR count). The molecule has 20 heavy (non-hydrogen) atoms. The van der Waals surface area contributed by atoms with Crippen LogP contribution in [0.5, 0.6) is 5.75 Å². The van der Waals surface area contributed by atoms with Gasteiger partial charge in [0, 0.05) is 30.6 Å². The highest BCUT2D eigenvalue weighted by Crippen LogP contribution is 2.26. The van der Waals surface area contributed by atoms with E-state index < -0.39 is 0 Å². The van der Waals surface area contributed by atoms with Crippen LogP contribution in [-0.4, -0.2) is 24.5 Å². The van der Waals surface area contributed by atoms with Gasteiger partial charge < -0.3 is 15.4 Å². The third-order valence-electron chi connectivity index (χ3n) is 3.99. The first-order chi connectivity index (χ1) is 9.52. The van der Waals surface area contributed by atoms with Gasteiger partial charge in [-0.15, -0.1) is 0 Å². The number of piperidine rings is 1. The molecule has 0 aliphatic carbocycles. The Bertz CT molecular complexity index is 485. The van der Waals surface area contributed by atoms with Crippen molar-refractivity contribution in [1.82, 2.24) is 4.90 Å². The molecule has 1 amide bonds. The maximum Gasteiger partial charge on any atom is 0.225 e. The van der Waals surface area contributed by atoms with Crippen LogP contribution in [0.1, 0.15) is 43.9 Å². The van der Waals surface area contributed by atoms with Crippen LogP contribution in [0, 0.1) is 5.92 Å². The number of nitrogens with two attached hydrogens (primary N) is 1. The number of nitrogens with zero attached hydrogens (tertiary/aromatic N) is 1. The van der Waals surface area contributed by atoms with Crippen molar-refractivity contribution in [1.29, 1.82) is 0 Å². The molecule has 0 saturated carbocycles. The van der Waals surface area contributed by atoms with Gasteiger partial charge in [-0.05, 0) is 37.5 Å². The molecule has 0 spiro atoms. The van der Waals surface area contributed by atoms with Gasteiger partial charge in [0.15, 0.2) is 0 Å². The second kappa shape index (κ2) is 6.27. The Morgan fingerprint density at radius 2 is 2.25 bits per heavy atom. The van der Waals surface area contributed by atoms with Crippen LogP contribution < -0.4 is 10.5 Å². The fourth-order valence-electron chi connectivity index (χ4n) is 2.70. The standard InChI is InChI=1S/C16H24N2O2/c1-11-5-4-8-18(16(11)19)10-14-9-13(12(2)17)6-7-15(14)20-3/h6-7,9,11-12H,4-5,8,10,17H2,1-3H3. The first-order valence-electron chi connectivity index (χ1n) is 7.24. The molecule has 0 aromatic heterocycles. The number of carbonyl (C=O) groups is 1. The van der Waals surface area contributed by atoms with Gasteiger partial charge in [0.2, 0.25) is 5.91 Å². The zero-order chi connectivity index (χ0) is 14.7. The number of ether oxygens (including phenoxy) is 1. The molecule has 4 heteroatoms. The maximum atomic E-state index is 12.2. The Labute approximate surface area is 120 Å². The van der Waals surface area contributed by atoms with Crippen LogP contribution in [-0.2, 0) is 11.3 Å². The highest BCUT2D eigenvalue weighted by atomic mass is 16.5. The van der Waals surface area contributed by atoms with E-state index in [0.717, 1.165) is 36.3 Å². The predicted octanol–water partition coefficient (Wildman–Crippen LogP) is 2.47. The highest BCUT2D eigenvalue weighted by molar-refractivity contribution is 5.79. The molecule has 2 N–H and O–H groups in total. The smallest absolute Gasteiger partial charge is 0.225 e. The lowest BCUT2D eigenvalue weighted by Crippen LogP contribution is -2.39. The first kappa shape index (κ1) is 14.9. The van der Waals surface area contributed by atoms with E-state index >= 15 is 0 Å². The predicted molar refractivity (Wildman–Crippen MR) is 79.4 cm³/mol. The van der Waals surface area contributed by atoms with E-state index in [1.54, 1.807) is 7.11 Å². The van der Waals surface area contributed by atoms with Crippen molar-refractivity contribution in [2.75, 3.05) is 13.7 Å². The maximum absolute atomic E-state index is 12.2. The zero-order valence-electron chi connectivity index (χ0n) is 12.6. The minimum Gasteiger partial charge on any atom is -0.496 e. The summed E-state index contributed by atoms with van der Waals surface area (Å²) in [5, 5.41) is 0. The quantitative estimate of drug-likeness (QED) is 0.919. The summed E-state index contributed by atoms with van der Waals surface area (Å²) in [5.41, 5.74) is 8.04. The van der Waals surface area contributed by atoms with Crippen molar-refractivity contribution < 1.29 is 9.53 Å². The van der Waals surface area contributed by atoms with E-state index in [9.17, 15) is 4.79 Å². The molecular weight excluding hydrogens is 252 g/mol. The molecule has 4 nitrogen and oxygen atoms in total. The number of amides is 1. The van der Waals surface area contributed by atoms with Crippen LogP contribution in [0.15, 0.2) is 18.2 Å². The van der Waals surface area contributed by atoms with E-state index in [1.165, 1.54) is 0 Å². The Morgan fingerprint density at radius 1 is 1.50 bits per heavy atom. The Kier molecular flexibility index (Phi) is 4.65. The Morgan fingerprint density at radius 3 is 2.90 bits per heavy atom. The van der Waals surface area contributed by atoms with E-state index in [1.807, 2.05) is 30.9 Å². The normalized spacial score (nSPS) is 20.9. The van der Waals surface area contributed by atoms with Crippen molar-refractivity contribution >= 4 is 5.91 Å². The van der Waals surface area contributed by atoms with Crippen LogP contribution in [0.3, 0.4) is 0 Å². The second-order valence-corrected chi connectivity index (χ2v) is 5.66. The van der Waals surface area contributed by atoms with Crippen molar-refractivity contribution in [3.63, 3.8) is 0 Å². The molecule has 2 unspecified atom stereocenters. The molecule has 0 radical (unpaired) electrons. The summed E-state index contributed by atoms with van der Waals surface area (Å²) in [4.78, 5) is 14.1. The summed E-state index contributed by atoms with van der Waals surface area (Å²) in [6.07, 6.45) is 2.06. The number of methoxy groups -OCH3 is 1. The van der Waals surface area contributed by atoms with Crippen LogP contribution in [0.25, 0.3) is 0 Å². The minimum absolute atomic E-state index is 0.0179. The molecule has 1 aliphatic heterocycles. The third kappa shape index (κ3) is 3.12. The summed E-state index contributed by atoms with van der Waals surface area (Å²) in [7, 11) is 1.66. The molecule has 1 fully saturated rings. The molecule has 1 heterocycles. The summed E-state index contributed by atoms with van der Waals surface area (Å²) >= 11 is 0. The highest BCUT2D eigenvalue weighted by Gasteiger charge is 2.25. The molecule has 110 valence electrons. The number of rotatable bonds is 4. The Balaban J connectivity index is 2.22. The van der Waals surface area contributed by atoms with Crippen molar-refractivity contribution in [3.8, 4) is 5.75 Å². The van der Waals surface area contributed by atoms with E-state index in [0.29, 0.717) is 6.54 Å². The molecule has 1 aromatic carbocycles. The molecule has 2 atom stereocenters. The number of hydrogen-bond donors (Lipinski definition) is 1. The van der Waals surface area contributed by atoms with Gasteiger partial charge in [0.1, 0.15) is 5.75 Å². The van der Waals surface area contributed by atoms with E-state index in [2.05, 4.69) is 6.07 Å². The van der Waals surface area contributed by atoms with E-state index in [4.69, 9.17) is 10.5 Å². The third-order valence-corrected chi connectivity index (χ3v) is 3.99. The molecule has 1 saturated heterocycles. The van der Waals surface area contributed by atoms with E-state index in [-0.39, 0.29) is 17.9 Å². The first-order valence-corrected chi connectivity index (χ1v) is 7.24.